The number of carbonyl (C=O) groups excluding carboxylic acids is 2. The molecule has 0 aliphatic carbocycles. The maximum absolute atomic E-state index is 12.5. The number of rotatable bonds is 4. The number of anilines is 2. The van der Waals surface area contributed by atoms with E-state index in [4.69, 9.17) is 11.6 Å². The molecule has 0 bridgehead atoms. The number of hydrogen-bond acceptors (Lipinski definition) is 2. The number of halogens is 1. The van der Waals surface area contributed by atoms with E-state index in [9.17, 15) is 9.59 Å². The second-order valence-electron chi connectivity index (χ2n) is 5.61. The molecule has 0 unspecified atom stereocenters. The zero-order valence-electron chi connectivity index (χ0n) is 13.7. The van der Waals surface area contributed by atoms with Gasteiger partial charge in [0.15, 0.2) is 0 Å². The molecule has 0 saturated carbocycles. The molecule has 4 nitrogen and oxygen atoms in total. The summed E-state index contributed by atoms with van der Waals surface area (Å²) in [5, 5.41) is 8.02. The molecular weight excluding hydrogens is 336 g/mol. The van der Waals surface area contributed by atoms with Gasteiger partial charge in [0.25, 0.3) is 5.91 Å². The molecule has 2 N–H and O–H groups in total. The van der Waals surface area contributed by atoms with Crippen molar-refractivity contribution in [2.45, 2.75) is 13.3 Å². The molecule has 0 radical (unpaired) electrons. The standard InChI is InChI=1S/C20H17ClN2O2/c1-2-19(24)22-16-9-10-17(21)18(12-16)23-20(25)15-8-7-13-5-3-4-6-14(13)11-15/h3-12H,2H2,1H3,(H,22,24)(H,23,25). The summed E-state index contributed by atoms with van der Waals surface area (Å²) in [5.74, 6) is -0.360. The monoisotopic (exact) mass is 352 g/mol. The molecule has 0 aliphatic rings. The Morgan fingerprint density at radius 3 is 2.44 bits per heavy atom. The molecule has 0 aromatic heterocycles. The minimum Gasteiger partial charge on any atom is -0.326 e. The smallest absolute Gasteiger partial charge is 0.255 e. The maximum Gasteiger partial charge on any atom is 0.255 e. The lowest BCUT2D eigenvalue weighted by atomic mass is 10.1. The van der Waals surface area contributed by atoms with Crippen LogP contribution in [0, 0.1) is 0 Å². The van der Waals surface area contributed by atoms with E-state index in [1.54, 1.807) is 31.2 Å². The molecule has 0 aliphatic heterocycles. The van der Waals surface area contributed by atoms with Gasteiger partial charge in [-0.25, -0.2) is 0 Å². The maximum atomic E-state index is 12.5. The molecule has 3 aromatic rings. The topological polar surface area (TPSA) is 58.2 Å². The lowest BCUT2D eigenvalue weighted by molar-refractivity contribution is -0.115. The molecule has 25 heavy (non-hydrogen) atoms. The van der Waals surface area contributed by atoms with Gasteiger partial charge >= 0.3 is 0 Å². The molecule has 0 spiro atoms. The molecule has 0 atom stereocenters. The summed E-state index contributed by atoms with van der Waals surface area (Å²) >= 11 is 6.17. The molecule has 126 valence electrons. The quantitative estimate of drug-likeness (QED) is 0.686. The summed E-state index contributed by atoms with van der Waals surface area (Å²) in [6, 6.07) is 18.3. The second-order valence-corrected chi connectivity index (χ2v) is 6.02. The van der Waals surface area contributed by atoms with Gasteiger partial charge in [-0.3, -0.25) is 9.59 Å². The normalized spacial score (nSPS) is 10.5. The van der Waals surface area contributed by atoms with Crippen LogP contribution in [0.5, 0.6) is 0 Å². The van der Waals surface area contributed by atoms with Crippen LogP contribution in [0.25, 0.3) is 10.8 Å². The van der Waals surface area contributed by atoms with Crippen LogP contribution in [0.2, 0.25) is 5.02 Å². The average Bonchev–Trinajstić information content (AvgIpc) is 2.63. The first-order valence-corrected chi connectivity index (χ1v) is 8.34. The Balaban J connectivity index is 1.83. The molecular formula is C20H17ClN2O2. The van der Waals surface area contributed by atoms with Crippen molar-refractivity contribution in [2.24, 2.45) is 0 Å². The highest BCUT2D eigenvalue weighted by Gasteiger charge is 2.10. The van der Waals surface area contributed by atoms with Crippen molar-refractivity contribution in [2.75, 3.05) is 10.6 Å². The predicted molar refractivity (Wildman–Crippen MR) is 102 cm³/mol. The van der Waals surface area contributed by atoms with E-state index in [0.29, 0.717) is 28.4 Å². The Bertz CT molecular complexity index is 953. The van der Waals surface area contributed by atoms with E-state index in [1.807, 2.05) is 36.4 Å². The fourth-order valence-corrected chi connectivity index (χ4v) is 2.64. The first-order chi connectivity index (χ1) is 12.1. The first-order valence-electron chi connectivity index (χ1n) is 7.96. The van der Waals surface area contributed by atoms with E-state index >= 15 is 0 Å². The third-order valence-corrected chi connectivity index (χ3v) is 4.16. The van der Waals surface area contributed by atoms with Crippen LogP contribution in [0.15, 0.2) is 60.7 Å². The van der Waals surface area contributed by atoms with E-state index in [-0.39, 0.29) is 11.8 Å². The van der Waals surface area contributed by atoms with Crippen molar-refractivity contribution < 1.29 is 9.59 Å². The van der Waals surface area contributed by atoms with Gasteiger partial charge in [-0.1, -0.05) is 48.9 Å². The summed E-state index contributed by atoms with van der Waals surface area (Å²) < 4.78 is 0. The summed E-state index contributed by atoms with van der Waals surface area (Å²) in [6.45, 7) is 1.77. The van der Waals surface area contributed by atoms with Gasteiger partial charge in [0.2, 0.25) is 5.91 Å². The van der Waals surface area contributed by atoms with Crippen molar-refractivity contribution >= 4 is 45.6 Å². The molecule has 0 heterocycles. The first kappa shape index (κ1) is 17.0. The highest BCUT2D eigenvalue weighted by Crippen LogP contribution is 2.26. The Labute approximate surface area is 150 Å². The number of carbonyl (C=O) groups is 2. The van der Waals surface area contributed by atoms with Gasteiger partial charge < -0.3 is 10.6 Å². The number of nitrogens with one attached hydrogen (secondary N) is 2. The molecule has 3 rings (SSSR count). The number of fused-ring (bicyclic) bond motifs is 1. The van der Waals surface area contributed by atoms with Crippen molar-refractivity contribution in [3.63, 3.8) is 0 Å². The Morgan fingerprint density at radius 1 is 0.920 bits per heavy atom. The molecule has 0 saturated heterocycles. The zero-order chi connectivity index (χ0) is 17.8. The van der Waals surface area contributed by atoms with E-state index in [1.165, 1.54) is 0 Å². The molecule has 2 amide bonds. The minimum atomic E-state index is -0.258. The number of amides is 2. The van der Waals surface area contributed by atoms with Gasteiger partial charge in [0.05, 0.1) is 10.7 Å². The SMILES string of the molecule is CCC(=O)Nc1ccc(Cl)c(NC(=O)c2ccc3ccccc3c2)c1. The highest BCUT2D eigenvalue weighted by atomic mass is 35.5. The Morgan fingerprint density at radius 2 is 1.68 bits per heavy atom. The van der Waals surface area contributed by atoms with Gasteiger partial charge in [-0.15, -0.1) is 0 Å². The fourth-order valence-electron chi connectivity index (χ4n) is 2.47. The number of benzene rings is 3. The summed E-state index contributed by atoms with van der Waals surface area (Å²) in [6.07, 6.45) is 0.376. The van der Waals surface area contributed by atoms with E-state index in [2.05, 4.69) is 10.6 Å². The number of hydrogen-bond donors (Lipinski definition) is 2. The van der Waals surface area contributed by atoms with Gasteiger partial charge in [0, 0.05) is 17.7 Å². The Hall–Kier alpha value is -2.85. The third-order valence-electron chi connectivity index (χ3n) is 3.83. The largest absolute Gasteiger partial charge is 0.326 e. The predicted octanol–water partition coefficient (Wildman–Crippen LogP) is 5.09. The van der Waals surface area contributed by atoms with Gasteiger partial charge in [-0.2, -0.15) is 0 Å². The van der Waals surface area contributed by atoms with Crippen LogP contribution in [-0.2, 0) is 4.79 Å². The van der Waals surface area contributed by atoms with Crippen LogP contribution >= 0.6 is 11.6 Å². The molecule has 0 fully saturated rings. The second kappa shape index (κ2) is 7.36. The summed E-state index contributed by atoms with van der Waals surface area (Å²) in [4.78, 5) is 24.1. The van der Waals surface area contributed by atoms with Crippen molar-refractivity contribution in [1.29, 1.82) is 0 Å². The van der Waals surface area contributed by atoms with Crippen molar-refractivity contribution in [1.82, 2.24) is 0 Å². The molecule has 5 heteroatoms. The van der Waals surface area contributed by atoms with E-state index < -0.39 is 0 Å². The zero-order valence-corrected chi connectivity index (χ0v) is 14.4. The van der Waals surface area contributed by atoms with E-state index in [0.717, 1.165) is 10.8 Å². The van der Waals surface area contributed by atoms with Crippen LogP contribution < -0.4 is 10.6 Å². The lowest BCUT2D eigenvalue weighted by Crippen LogP contribution is -2.13. The highest BCUT2D eigenvalue weighted by molar-refractivity contribution is 6.34. The fraction of sp³-hybridized carbons (Fsp3) is 0.100. The van der Waals surface area contributed by atoms with Gasteiger partial charge in [-0.05, 0) is 41.1 Å². The van der Waals surface area contributed by atoms with Gasteiger partial charge in [0.1, 0.15) is 0 Å². The van der Waals surface area contributed by atoms with Crippen LogP contribution in [0.3, 0.4) is 0 Å². The summed E-state index contributed by atoms with van der Waals surface area (Å²) in [5.41, 5.74) is 1.58. The minimum absolute atomic E-state index is 0.103. The van der Waals surface area contributed by atoms with Crippen LogP contribution in [0.1, 0.15) is 23.7 Å². The van der Waals surface area contributed by atoms with Crippen LogP contribution in [0.4, 0.5) is 11.4 Å². The lowest BCUT2D eigenvalue weighted by Gasteiger charge is -2.11. The average molecular weight is 353 g/mol. The van der Waals surface area contributed by atoms with Crippen molar-refractivity contribution in [3.8, 4) is 0 Å². The third kappa shape index (κ3) is 3.98. The van der Waals surface area contributed by atoms with Crippen molar-refractivity contribution in [3.05, 3.63) is 71.2 Å². The summed E-state index contributed by atoms with van der Waals surface area (Å²) in [7, 11) is 0. The molecule has 3 aromatic carbocycles. The van der Waals surface area contributed by atoms with Crippen LogP contribution in [-0.4, -0.2) is 11.8 Å². The Kier molecular flexibility index (Phi) is 5.00.